The van der Waals surface area contributed by atoms with E-state index in [1.807, 2.05) is 0 Å². The van der Waals surface area contributed by atoms with E-state index in [-0.39, 0.29) is 0 Å². The first-order valence-corrected chi connectivity index (χ1v) is 4.69. The fourth-order valence-corrected chi connectivity index (χ4v) is 2.58. The van der Waals surface area contributed by atoms with Crippen molar-refractivity contribution in [1.82, 2.24) is 0 Å². The zero-order chi connectivity index (χ0) is 8.11. The van der Waals surface area contributed by atoms with Crippen LogP contribution in [0.15, 0.2) is 0 Å². The van der Waals surface area contributed by atoms with Crippen molar-refractivity contribution in [3.05, 3.63) is 0 Å². The smallest absolute Gasteiger partial charge is 0.0718 e. The second-order valence-electron chi connectivity index (χ2n) is 5.12. The molecule has 1 atom stereocenters. The molecule has 1 heterocycles. The van der Waals surface area contributed by atoms with E-state index < -0.39 is 0 Å². The Morgan fingerprint density at radius 2 is 1.91 bits per heavy atom. The Bertz CT molecular complexity index is 162. The van der Waals surface area contributed by atoms with Crippen LogP contribution in [0.5, 0.6) is 0 Å². The first-order chi connectivity index (χ1) is 5.05. The van der Waals surface area contributed by atoms with Gasteiger partial charge in [-0.1, -0.05) is 20.8 Å². The van der Waals surface area contributed by atoms with E-state index in [0.717, 1.165) is 12.5 Å². The van der Waals surface area contributed by atoms with Crippen molar-refractivity contribution in [3.63, 3.8) is 0 Å². The third kappa shape index (κ3) is 1.10. The summed E-state index contributed by atoms with van der Waals surface area (Å²) in [7, 11) is 0. The predicted octanol–water partition coefficient (Wildman–Crippen LogP) is 2.60. The van der Waals surface area contributed by atoms with Crippen LogP contribution >= 0.6 is 0 Å². The lowest BCUT2D eigenvalue weighted by Gasteiger charge is -2.31. The zero-order valence-electron chi connectivity index (χ0n) is 7.81. The van der Waals surface area contributed by atoms with Crippen molar-refractivity contribution in [2.45, 2.75) is 45.6 Å². The summed E-state index contributed by atoms with van der Waals surface area (Å²) in [6.45, 7) is 8.02. The topological polar surface area (TPSA) is 9.23 Å². The number of hydrogen-bond donors (Lipinski definition) is 0. The van der Waals surface area contributed by atoms with Gasteiger partial charge in [0.1, 0.15) is 0 Å². The van der Waals surface area contributed by atoms with Gasteiger partial charge in [0.25, 0.3) is 0 Å². The van der Waals surface area contributed by atoms with Crippen molar-refractivity contribution < 1.29 is 4.74 Å². The highest BCUT2D eigenvalue weighted by molar-refractivity contribution is 5.07. The maximum absolute atomic E-state index is 5.79. The van der Waals surface area contributed by atoms with E-state index in [2.05, 4.69) is 20.8 Å². The van der Waals surface area contributed by atoms with Crippen molar-refractivity contribution in [3.8, 4) is 0 Å². The average molecular weight is 154 g/mol. The van der Waals surface area contributed by atoms with Crippen molar-refractivity contribution in [2.24, 2.45) is 11.3 Å². The van der Waals surface area contributed by atoms with Gasteiger partial charge in [0.2, 0.25) is 0 Å². The third-order valence-corrected chi connectivity index (χ3v) is 3.22. The average Bonchev–Trinajstić information content (AvgIpc) is 2.38. The largest absolute Gasteiger partial charge is 0.375 e. The van der Waals surface area contributed by atoms with E-state index in [0.29, 0.717) is 11.0 Å². The molecular formula is C10H18O. The first kappa shape index (κ1) is 7.60. The van der Waals surface area contributed by atoms with Crippen LogP contribution in [0.3, 0.4) is 0 Å². The third-order valence-electron chi connectivity index (χ3n) is 3.22. The van der Waals surface area contributed by atoms with Gasteiger partial charge in [-0.05, 0) is 30.6 Å². The fraction of sp³-hybridized carbons (Fsp3) is 1.00. The molecule has 0 aromatic rings. The summed E-state index contributed by atoms with van der Waals surface area (Å²) in [5.74, 6) is 0.815. The molecule has 1 heteroatoms. The molecule has 1 nitrogen and oxygen atoms in total. The Morgan fingerprint density at radius 3 is 2.27 bits per heavy atom. The molecule has 1 saturated heterocycles. The molecule has 0 aromatic carbocycles. The minimum Gasteiger partial charge on any atom is -0.375 e. The molecule has 64 valence electrons. The van der Waals surface area contributed by atoms with Crippen LogP contribution < -0.4 is 0 Å². The standard InChI is InChI=1S/C10H18O/c1-9(2,3)8-4-7-11-10(8)5-6-10/h8H,4-7H2,1-3H3. The highest BCUT2D eigenvalue weighted by atomic mass is 16.5. The summed E-state index contributed by atoms with van der Waals surface area (Å²) < 4.78 is 5.79. The lowest BCUT2D eigenvalue weighted by atomic mass is 9.75. The summed E-state index contributed by atoms with van der Waals surface area (Å²) in [4.78, 5) is 0. The summed E-state index contributed by atoms with van der Waals surface area (Å²) in [6, 6.07) is 0. The molecule has 0 N–H and O–H groups in total. The quantitative estimate of drug-likeness (QED) is 0.521. The van der Waals surface area contributed by atoms with Gasteiger partial charge in [0.15, 0.2) is 0 Å². The monoisotopic (exact) mass is 154 g/mol. The van der Waals surface area contributed by atoms with Crippen LogP contribution in [0.4, 0.5) is 0 Å². The fourth-order valence-electron chi connectivity index (χ4n) is 2.58. The Balaban J connectivity index is 2.14. The second kappa shape index (κ2) is 2.01. The molecule has 0 amide bonds. The van der Waals surface area contributed by atoms with Gasteiger partial charge in [-0.15, -0.1) is 0 Å². The molecule has 1 unspecified atom stereocenters. The Kier molecular flexibility index (Phi) is 1.39. The van der Waals surface area contributed by atoms with E-state index in [1.165, 1.54) is 19.3 Å². The van der Waals surface area contributed by atoms with Crippen molar-refractivity contribution >= 4 is 0 Å². The van der Waals surface area contributed by atoms with E-state index >= 15 is 0 Å². The molecule has 11 heavy (non-hydrogen) atoms. The van der Waals surface area contributed by atoms with Crippen LogP contribution in [0.25, 0.3) is 0 Å². The zero-order valence-corrected chi connectivity index (χ0v) is 7.81. The maximum Gasteiger partial charge on any atom is 0.0718 e. The molecule has 1 aliphatic heterocycles. The molecule has 0 bridgehead atoms. The van der Waals surface area contributed by atoms with Gasteiger partial charge < -0.3 is 4.74 Å². The Labute approximate surface area is 69.1 Å². The molecule has 0 radical (unpaired) electrons. The van der Waals surface area contributed by atoms with Crippen molar-refractivity contribution in [1.29, 1.82) is 0 Å². The highest BCUT2D eigenvalue weighted by Crippen LogP contribution is 2.57. The first-order valence-electron chi connectivity index (χ1n) is 4.69. The summed E-state index contributed by atoms with van der Waals surface area (Å²) in [6.07, 6.45) is 3.91. The minimum absolute atomic E-state index is 0.345. The normalized spacial score (nSPS) is 34.6. The number of hydrogen-bond acceptors (Lipinski definition) is 1. The van der Waals surface area contributed by atoms with Gasteiger partial charge in [-0.2, -0.15) is 0 Å². The van der Waals surface area contributed by atoms with Gasteiger partial charge in [0.05, 0.1) is 5.60 Å². The second-order valence-corrected chi connectivity index (χ2v) is 5.12. The van der Waals surface area contributed by atoms with Crippen LogP contribution in [-0.4, -0.2) is 12.2 Å². The van der Waals surface area contributed by atoms with Crippen LogP contribution in [0.1, 0.15) is 40.0 Å². The van der Waals surface area contributed by atoms with Crippen LogP contribution in [0.2, 0.25) is 0 Å². The van der Waals surface area contributed by atoms with E-state index in [4.69, 9.17) is 4.74 Å². The number of ether oxygens (including phenoxy) is 1. The summed E-state index contributed by atoms with van der Waals surface area (Å²) in [5, 5.41) is 0. The summed E-state index contributed by atoms with van der Waals surface area (Å²) in [5.41, 5.74) is 0.797. The van der Waals surface area contributed by atoms with Crippen LogP contribution in [-0.2, 0) is 4.74 Å². The lowest BCUT2D eigenvalue weighted by Crippen LogP contribution is -2.29. The number of rotatable bonds is 0. The summed E-state index contributed by atoms with van der Waals surface area (Å²) >= 11 is 0. The maximum atomic E-state index is 5.79. The van der Waals surface area contributed by atoms with Gasteiger partial charge in [0, 0.05) is 6.61 Å². The minimum atomic E-state index is 0.345. The molecule has 1 spiro atoms. The lowest BCUT2D eigenvalue weighted by molar-refractivity contribution is 0.0363. The Morgan fingerprint density at radius 1 is 1.27 bits per heavy atom. The molecule has 1 aliphatic carbocycles. The van der Waals surface area contributed by atoms with Crippen LogP contribution in [0, 0.1) is 11.3 Å². The van der Waals surface area contributed by atoms with Gasteiger partial charge >= 0.3 is 0 Å². The van der Waals surface area contributed by atoms with E-state index in [1.54, 1.807) is 0 Å². The van der Waals surface area contributed by atoms with Crippen molar-refractivity contribution in [2.75, 3.05) is 6.61 Å². The van der Waals surface area contributed by atoms with E-state index in [9.17, 15) is 0 Å². The molecule has 2 aliphatic rings. The SMILES string of the molecule is CC(C)(C)C1CCOC12CC2. The van der Waals surface area contributed by atoms with Gasteiger partial charge in [-0.3, -0.25) is 0 Å². The molecule has 1 saturated carbocycles. The molecule has 0 aromatic heterocycles. The highest BCUT2D eigenvalue weighted by Gasteiger charge is 2.57. The molecule has 2 rings (SSSR count). The predicted molar refractivity (Wildman–Crippen MR) is 45.5 cm³/mol. The molecular weight excluding hydrogens is 136 g/mol. The van der Waals surface area contributed by atoms with Gasteiger partial charge in [-0.25, -0.2) is 0 Å². The molecule has 2 fully saturated rings. The Hall–Kier alpha value is -0.0400.